The smallest absolute Gasteiger partial charge is 0.186 e. The second kappa shape index (κ2) is 5.36. The van der Waals surface area contributed by atoms with E-state index in [1.54, 1.807) is 0 Å². The number of ketones is 1. The largest absolute Gasteiger partial charge is 0.338 e. The Kier molecular flexibility index (Phi) is 5.22. The molecule has 1 atom stereocenters. The lowest BCUT2D eigenvalue weighted by Crippen LogP contribution is -2.42. The van der Waals surface area contributed by atoms with Gasteiger partial charge in [-0.15, -0.1) is 0 Å². The molecule has 0 saturated carbocycles. The van der Waals surface area contributed by atoms with Gasteiger partial charge in [0, 0.05) is 6.42 Å². The summed E-state index contributed by atoms with van der Waals surface area (Å²) in [5, 5.41) is 0. The topological polar surface area (TPSA) is 20.3 Å². The zero-order valence-electron chi connectivity index (χ0n) is 8.92. The Morgan fingerprint density at radius 3 is 2.17 bits per heavy atom. The molecule has 0 amide bonds. The summed E-state index contributed by atoms with van der Waals surface area (Å²) in [5.41, 5.74) is 0. The van der Waals surface area contributed by atoms with E-state index in [-0.39, 0.29) is 6.04 Å². The van der Waals surface area contributed by atoms with Crippen LogP contribution in [0.1, 0.15) is 40.5 Å². The Labute approximate surface area is 76.8 Å². The van der Waals surface area contributed by atoms with Crippen LogP contribution in [-0.4, -0.2) is 30.7 Å². The summed E-state index contributed by atoms with van der Waals surface area (Å²) in [6, 6.07) is 0.570. The van der Waals surface area contributed by atoms with Gasteiger partial charge in [-0.25, -0.2) is 0 Å². The molecule has 0 rings (SSSR count). The monoisotopic (exact) mass is 169 g/mol. The Balaban J connectivity index is 4.23. The summed E-state index contributed by atoms with van der Waals surface area (Å²) in [4.78, 5) is 13.6. The van der Waals surface area contributed by atoms with Crippen LogP contribution in [0.25, 0.3) is 0 Å². The zero-order chi connectivity index (χ0) is 9.72. The van der Waals surface area contributed by atoms with E-state index in [9.17, 15) is 4.79 Å². The van der Waals surface area contributed by atoms with Crippen LogP contribution in [0.2, 0.25) is 0 Å². The van der Waals surface area contributed by atoms with Crippen molar-refractivity contribution < 1.29 is 4.79 Å². The molecule has 0 spiro atoms. The minimum atomic E-state index is 0.120. The van der Waals surface area contributed by atoms with Gasteiger partial charge in [0.25, 0.3) is 0 Å². The Morgan fingerprint density at radius 1 is 1.42 bits per heavy atom. The summed E-state index contributed by atoms with van der Waals surface area (Å²) in [6.45, 7) is 8.23. The summed E-state index contributed by atoms with van der Waals surface area (Å²) in [5.74, 6) is 0.355. The van der Waals surface area contributed by atoms with Crippen molar-refractivity contribution in [2.75, 3.05) is 0 Å². The van der Waals surface area contributed by atoms with Gasteiger partial charge in [0.2, 0.25) is 0 Å². The van der Waals surface area contributed by atoms with Crippen LogP contribution < -0.4 is 0 Å². The van der Waals surface area contributed by atoms with Crippen molar-refractivity contribution in [3.05, 3.63) is 0 Å². The summed E-state index contributed by atoms with van der Waals surface area (Å²) >= 11 is 0. The van der Waals surface area contributed by atoms with Crippen LogP contribution in [-0.2, 0) is 4.79 Å². The predicted octanol–water partition coefficient (Wildman–Crippen LogP) is 1.00. The zero-order valence-corrected chi connectivity index (χ0v) is 8.92. The highest BCUT2D eigenvalue weighted by Gasteiger charge is 2.20. The molecule has 0 saturated heterocycles. The maximum atomic E-state index is 11.4. The first kappa shape index (κ1) is 11.7. The molecule has 1 unspecified atom stereocenters. The van der Waals surface area contributed by atoms with Crippen LogP contribution in [0.4, 0.5) is 0 Å². The molecule has 0 heterocycles. The average Bonchev–Trinajstić information content (AvgIpc) is 2.05. The molecular weight excluding hydrogens is 149 g/mol. The lowest BCUT2D eigenvalue weighted by molar-refractivity contribution is -0.122. The van der Waals surface area contributed by atoms with E-state index in [0.29, 0.717) is 18.2 Å². The summed E-state index contributed by atoms with van der Waals surface area (Å²) < 4.78 is 0. The third-order valence-corrected chi connectivity index (χ3v) is 2.41. The van der Waals surface area contributed by atoms with Gasteiger partial charge in [-0.1, -0.05) is 27.7 Å². The average molecular weight is 169 g/mol. The minimum absolute atomic E-state index is 0.120. The van der Waals surface area contributed by atoms with Gasteiger partial charge in [0.05, 0.1) is 6.04 Å². The van der Waals surface area contributed by atoms with Crippen molar-refractivity contribution in [3.63, 3.8) is 0 Å². The first-order valence-corrected chi connectivity index (χ1v) is 4.79. The Morgan fingerprint density at radius 2 is 1.92 bits per heavy atom. The van der Waals surface area contributed by atoms with Gasteiger partial charge >= 0.3 is 0 Å². The molecule has 70 valence electrons. The maximum Gasteiger partial charge on any atom is 0.186 e. The van der Waals surface area contributed by atoms with Crippen molar-refractivity contribution in [2.45, 2.75) is 52.6 Å². The van der Waals surface area contributed by atoms with Crippen LogP contribution in [0, 0.1) is 0 Å². The number of hydrogen-bond acceptors (Lipinski definition) is 2. The van der Waals surface area contributed by atoms with Crippen molar-refractivity contribution in [2.24, 2.45) is 0 Å². The fourth-order valence-corrected chi connectivity index (χ4v) is 1.34. The molecule has 0 aromatic carbocycles. The first-order chi connectivity index (χ1) is 5.54. The van der Waals surface area contributed by atoms with E-state index < -0.39 is 0 Å². The van der Waals surface area contributed by atoms with E-state index in [0.717, 1.165) is 6.42 Å². The second-order valence-corrected chi connectivity index (χ2v) is 3.50. The van der Waals surface area contributed by atoms with Crippen LogP contribution in [0.3, 0.4) is 0 Å². The molecule has 0 aliphatic carbocycles. The van der Waals surface area contributed by atoms with Crippen molar-refractivity contribution in [3.8, 4) is 0 Å². The third kappa shape index (κ3) is 2.98. The molecule has 0 aromatic heterocycles. The van der Waals surface area contributed by atoms with E-state index in [1.807, 2.05) is 14.9 Å². The van der Waals surface area contributed by atoms with E-state index in [1.165, 1.54) is 0 Å². The number of Topliss-reactive ketones (excluding diaryl/α,β-unsaturated/α-hetero) is 1. The lowest BCUT2D eigenvalue weighted by Gasteiger charge is -2.29. The Hall–Kier alpha value is -0.305. The van der Waals surface area contributed by atoms with E-state index in [4.69, 9.17) is 0 Å². The second-order valence-electron chi connectivity index (χ2n) is 3.50. The maximum absolute atomic E-state index is 11.4. The van der Waals surface area contributed by atoms with Gasteiger partial charge in [-0.3, -0.25) is 4.79 Å². The number of carbonyl (C=O) groups is 1. The highest BCUT2D eigenvalue weighted by molar-refractivity contribution is 6.07. The van der Waals surface area contributed by atoms with Crippen molar-refractivity contribution in [1.29, 1.82) is 0 Å². The number of hydrogen-bond donors (Lipinski definition) is 0. The molecule has 0 fully saturated rings. The number of rotatable bonds is 5. The van der Waals surface area contributed by atoms with Gasteiger partial charge in [0.15, 0.2) is 7.98 Å². The first-order valence-electron chi connectivity index (χ1n) is 4.79. The SMILES string of the molecule is BN(C(C)C)C(CC)C(=O)CC. The van der Waals surface area contributed by atoms with Crippen molar-refractivity contribution in [1.82, 2.24) is 4.81 Å². The number of nitrogens with zero attached hydrogens (tertiary/aromatic N) is 1. The van der Waals surface area contributed by atoms with Crippen LogP contribution >= 0.6 is 0 Å². The highest BCUT2D eigenvalue weighted by Crippen LogP contribution is 2.08. The standard InChI is InChI=1S/C9H20BNO/c1-5-8(9(12)6-2)11(10)7(3)4/h7-8H,5-6,10H2,1-4H3. The Bertz CT molecular complexity index is 147. The molecule has 0 N–H and O–H groups in total. The van der Waals surface area contributed by atoms with Gasteiger partial charge < -0.3 is 4.81 Å². The molecule has 0 bridgehead atoms. The lowest BCUT2D eigenvalue weighted by atomic mass is 10.0. The molecule has 0 radical (unpaired) electrons. The summed E-state index contributed by atoms with van der Waals surface area (Å²) in [7, 11) is 2.02. The van der Waals surface area contributed by atoms with Gasteiger partial charge in [-0.2, -0.15) is 0 Å². The third-order valence-electron chi connectivity index (χ3n) is 2.41. The fraction of sp³-hybridized carbons (Fsp3) is 0.889. The highest BCUT2D eigenvalue weighted by atomic mass is 16.1. The molecule has 2 nitrogen and oxygen atoms in total. The molecular formula is C9H20BNO. The predicted molar refractivity (Wildman–Crippen MR) is 54.9 cm³/mol. The van der Waals surface area contributed by atoms with Crippen molar-refractivity contribution >= 4 is 13.8 Å². The van der Waals surface area contributed by atoms with Crippen LogP contribution in [0.5, 0.6) is 0 Å². The quantitative estimate of drug-likeness (QED) is 0.572. The molecule has 0 aliphatic heterocycles. The molecule has 12 heavy (non-hydrogen) atoms. The van der Waals surface area contributed by atoms with Crippen LogP contribution in [0.15, 0.2) is 0 Å². The molecule has 0 aromatic rings. The van der Waals surface area contributed by atoms with Gasteiger partial charge in [0.1, 0.15) is 5.78 Å². The summed E-state index contributed by atoms with van der Waals surface area (Å²) in [6.07, 6.45) is 1.57. The fourth-order valence-electron chi connectivity index (χ4n) is 1.34. The molecule has 3 heteroatoms. The number of carbonyl (C=O) groups excluding carboxylic acids is 1. The van der Waals surface area contributed by atoms with E-state index in [2.05, 4.69) is 25.6 Å². The van der Waals surface area contributed by atoms with E-state index >= 15 is 0 Å². The molecule has 0 aliphatic rings. The normalized spacial score (nSPS) is 13.8. The van der Waals surface area contributed by atoms with Gasteiger partial charge in [-0.05, 0) is 12.5 Å². The minimum Gasteiger partial charge on any atom is -0.338 e.